The molecule has 0 unspecified atom stereocenters. The van der Waals surface area contributed by atoms with Crippen LogP contribution in [-0.2, 0) is 11.2 Å². The Labute approximate surface area is 166 Å². The first-order valence-corrected chi connectivity index (χ1v) is 9.55. The quantitative estimate of drug-likeness (QED) is 0.0707. The molecule has 0 bridgehead atoms. The number of nitrogens with zero attached hydrogens (tertiary/aromatic N) is 2. The van der Waals surface area contributed by atoms with Crippen LogP contribution in [0.3, 0.4) is 0 Å². The number of primary amides is 1. The van der Waals surface area contributed by atoms with Crippen LogP contribution in [0.4, 0.5) is 0 Å². The van der Waals surface area contributed by atoms with Crippen molar-refractivity contribution in [3.63, 3.8) is 0 Å². The monoisotopic (exact) mass is 392 g/mol. The molecule has 1 aromatic rings. The van der Waals surface area contributed by atoms with Crippen molar-refractivity contribution < 1.29 is 14.7 Å². The van der Waals surface area contributed by atoms with Crippen molar-refractivity contribution in [2.45, 2.75) is 38.5 Å². The van der Waals surface area contributed by atoms with E-state index in [9.17, 15) is 4.79 Å². The van der Waals surface area contributed by atoms with Crippen molar-refractivity contribution >= 4 is 18.0 Å². The number of rotatable bonds is 16. The highest BCUT2D eigenvalue weighted by molar-refractivity contribution is 6.38. The first kappa shape index (κ1) is 23.4. The molecule has 1 aromatic carbocycles. The van der Waals surface area contributed by atoms with Crippen LogP contribution in [0.2, 0.25) is 0 Å². The Bertz CT molecular complexity index is 604. The number of oxime groups is 1. The highest BCUT2D eigenvalue weighted by Crippen LogP contribution is 2.13. The third-order valence-corrected chi connectivity index (χ3v) is 4.02. The number of benzene rings is 1. The third kappa shape index (κ3) is 11.1. The standard InChI is InChI=1S/C19H32N6O3/c20-19(26)18(25-27)14-16-6-8-17(9-7-16)28-13-5-12-22-10-3-1-2-4-11-23-15-24-21/h6-9,15,22,27H,1-5,10-14,21H2,(H2,20,26)(H,23,24)/b25-18-. The summed E-state index contributed by atoms with van der Waals surface area (Å²) in [6.45, 7) is 3.37. The van der Waals surface area contributed by atoms with E-state index in [0.717, 1.165) is 50.2 Å². The molecule has 0 aliphatic carbocycles. The van der Waals surface area contributed by atoms with Gasteiger partial charge in [0.15, 0.2) is 0 Å². The fourth-order valence-corrected chi connectivity index (χ4v) is 2.50. The fourth-order valence-electron chi connectivity index (χ4n) is 2.50. The lowest BCUT2D eigenvalue weighted by atomic mass is 10.1. The molecule has 0 spiro atoms. The van der Waals surface area contributed by atoms with Crippen molar-refractivity contribution in [2.75, 3.05) is 26.2 Å². The van der Waals surface area contributed by atoms with Gasteiger partial charge in [-0.2, -0.15) is 0 Å². The zero-order valence-corrected chi connectivity index (χ0v) is 16.3. The van der Waals surface area contributed by atoms with Crippen LogP contribution in [0.25, 0.3) is 0 Å². The Morgan fingerprint density at radius 3 is 2.50 bits per heavy atom. The zero-order valence-electron chi connectivity index (χ0n) is 16.3. The molecule has 0 fully saturated rings. The van der Waals surface area contributed by atoms with E-state index in [4.69, 9.17) is 21.5 Å². The van der Waals surface area contributed by atoms with Gasteiger partial charge in [0.05, 0.1) is 12.9 Å². The summed E-state index contributed by atoms with van der Waals surface area (Å²) >= 11 is 0. The average molecular weight is 393 g/mol. The number of nitrogens with two attached hydrogens (primary N) is 2. The molecular weight excluding hydrogens is 360 g/mol. The number of aliphatic imine (C=N–C) groups is 1. The van der Waals surface area contributed by atoms with E-state index in [1.807, 2.05) is 24.3 Å². The number of ether oxygens (including phenoxy) is 1. The van der Waals surface area contributed by atoms with Gasteiger partial charge >= 0.3 is 0 Å². The molecule has 0 aliphatic rings. The average Bonchev–Trinajstić information content (AvgIpc) is 2.70. The van der Waals surface area contributed by atoms with Crippen LogP contribution in [0, 0.1) is 0 Å². The Balaban J connectivity index is 2.03. The van der Waals surface area contributed by atoms with Gasteiger partial charge in [0, 0.05) is 13.0 Å². The summed E-state index contributed by atoms with van der Waals surface area (Å²) < 4.78 is 5.69. The lowest BCUT2D eigenvalue weighted by Gasteiger charge is -2.08. The first-order chi connectivity index (χ1) is 13.7. The minimum atomic E-state index is -0.732. The molecule has 28 heavy (non-hydrogen) atoms. The molecule has 0 aliphatic heterocycles. The lowest BCUT2D eigenvalue weighted by molar-refractivity contribution is -0.112. The third-order valence-electron chi connectivity index (χ3n) is 4.02. The number of hydrogen-bond acceptors (Lipinski definition) is 7. The van der Waals surface area contributed by atoms with E-state index in [1.54, 1.807) is 0 Å². The second-order valence-corrected chi connectivity index (χ2v) is 6.30. The van der Waals surface area contributed by atoms with E-state index in [1.165, 1.54) is 19.2 Å². The maximum absolute atomic E-state index is 11.0. The SMILES string of the molecule is NNC=NCCCCCCNCCCOc1ccc(C/C(=N/O)C(N)=O)cc1. The molecule has 0 atom stereocenters. The number of hydrazine groups is 1. The van der Waals surface area contributed by atoms with Crippen molar-refractivity contribution in [1.29, 1.82) is 0 Å². The number of carbonyl (C=O) groups excluding carboxylic acids is 1. The molecule has 0 heterocycles. The minimum Gasteiger partial charge on any atom is -0.494 e. The van der Waals surface area contributed by atoms with Crippen molar-refractivity contribution in [3.05, 3.63) is 29.8 Å². The summed E-state index contributed by atoms with van der Waals surface area (Å²) in [4.78, 5) is 15.1. The predicted octanol–water partition coefficient (Wildman–Crippen LogP) is 0.955. The van der Waals surface area contributed by atoms with Crippen molar-refractivity contribution in [2.24, 2.45) is 21.7 Å². The van der Waals surface area contributed by atoms with Gasteiger partial charge in [-0.05, 0) is 50.0 Å². The summed E-state index contributed by atoms with van der Waals surface area (Å²) in [6.07, 6.45) is 7.24. The number of hydrogen-bond donors (Lipinski definition) is 5. The molecule has 156 valence electrons. The molecule has 9 heteroatoms. The lowest BCUT2D eigenvalue weighted by Crippen LogP contribution is -2.25. The Morgan fingerprint density at radius 2 is 1.82 bits per heavy atom. The summed E-state index contributed by atoms with van der Waals surface area (Å²) in [7, 11) is 0. The van der Waals surface area contributed by atoms with Gasteiger partial charge in [0.1, 0.15) is 11.5 Å². The maximum atomic E-state index is 11.0. The Kier molecular flexibility index (Phi) is 12.9. The van der Waals surface area contributed by atoms with Gasteiger partial charge in [-0.1, -0.05) is 30.1 Å². The van der Waals surface area contributed by atoms with E-state index < -0.39 is 5.91 Å². The van der Waals surface area contributed by atoms with E-state index >= 15 is 0 Å². The summed E-state index contributed by atoms with van der Waals surface area (Å²) in [6, 6.07) is 7.29. The number of unbranched alkanes of at least 4 members (excludes halogenated alkanes) is 3. The smallest absolute Gasteiger partial charge is 0.266 e. The molecule has 0 aromatic heterocycles. The highest BCUT2D eigenvalue weighted by atomic mass is 16.5. The fraction of sp³-hybridized carbons (Fsp3) is 0.526. The summed E-state index contributed by atoms with van der Waals surface area (Å²) in [5.41, 5.74) is 8.25. The van der Waals surface area contributed by atoms with E-state index in [-0.39, 0.29) is 12.1 Å². The van der Waals surface area contributed by atoms with Gasteiger partial charge in [-0.25, -0.2) is 5.84 Å². The van der Waals surface area contributed by atoms with Gasteiger partial charge in [-0.15, -0.1) is 0 Å². The number of carbonyl (C=O) groups is 1. The molecule has 9 nitrogen and oxygen atoms in total. The predicted molar refractivity (Wildman–Crippen MR) is 111 cm³/mol. The van der Waals surface area contributed by atoms with Crippen LogP contribution in [0.1, 0.15) is 37.7 Å². The van der Waals surface area contributed by atoms with Crippen LogP contribution < -0.4 is 27.1 Å². The summed E-state index contributed by atoms with van der Waals surface area (Å²) in [5, 5.41) is 15.1. The molecule has 1 rings (SSSR count). The Morgan fingerprint density at radius 1 is 1.11 bits per heavy atom. The number of nitrogens with one attached hydrogen (secondary N) is 2. The van der Waals surface area contributed by atoms with E-state index in [0.29, 0.717) is 6.61 Å². The van der Waals surface area contributed by atoms with E-state index in [2.05, 4.69) is 20.9 Å². The summed E-state index contributed by atoms with van der Waals surface area (Å²) in [5.74, 6) is 5.12. The Hall–Kier alpha value is -2.65. The topological polar surface area (TPSA) is 147 Å². The largest absolute Gasteiger partial charge is 0.494 e. The second-order valence-electron chi connectivity index (χ2n) is 6.30. The van der Waals surface area contributed by atoms with Crippen molar-refractivity contribution in [3.8, 4) is 5.75 Å². The maximum Gasteiger partial charge on any atom is 0.266 e. The molecule has 0 saturated heterocycles. The molecule has 0 saturated carbocycles. The molecule has 7 N–H and O–H groups in total. The zero-order chi connectivity index (χ0) is 20.5. The normalized spacial score (nSPS) is 11.7. The van der Waals surface area contributed by atoms with Crippen molar-refractivity contribution in [1.82, 2.24) is 10.7 Å². The van der Waals surface area contributed by atoms with Gasteiger partial charge in [-0.3, -0.25) is 9.79 Å². The molecule has 1 amide bonds. The van der Waals surface area contributed by atoms with Gasteiger partial charge in [0.2, 0.25) is 0 Å². The second kappa shape index (κ2) is 15.4. The van der Waals surface area contributed by atoms with Crippen LogP contribution >= 0.6 is 0 Å². The first-order valence-electron chi connectivity index (χ1n) is 9.55. The van der Waals surface area contributed by atoms with Crippen LogP contribution in [0.15, 0.2) is 34.4 Å². The minimum absolute atomic E-state index is 0.0721. The molecule has 0 radical (unpaired) electrons. The van der Waals surface area contributed by atoms with Crippen LogP contribution in [-0.4, -0.2) is 49.4 Å². The van der Waals surface area contributed by atoms with Gasteiger partial charge in [0.25, 0.3) is 5.91 Å². The number of amides is 1. The van der Waals surface area contributed by atoms with Gasteiger partial charge < -0.3 is 26.4 Å². The van der Waals surface area contributed by atoms with Crippen LogP contribution in [0.5, 0.6) is 5.75 Å². The molecular formula is C19H32N6O3. The highest BCUT2D eigenvalue weighted by Gasteiger charge is 2.08.